The maximum Gasteiger partial charge on any atom is 0.339 e. The topological polar surface area (TPSA) is 118 Å². The van der Waals surface area contributed by atoms with Crippen molar-refractivity contribution >= 4 is 5.97 Å². The second-order valence-corrected chi connectivity index (χ2v) is 7.86. The lowest BCUT2D eigenvalue weighted by Crippen LogP contribution is -2.39. The zero-order valence-electron chi connectivity index (χ0n) is 17.7. The molecule has 3 heterocycles. The summed E-state index contributed by atoms with van der Waals surface area (Å²) in [5.41, 5.74) is 0.702. The van der Waals surface area contributed by atoms with Gasteiger partial charge in [-0.2, -0.15) is 0 Å². The van der Waals surface area contributed by atoms with Crippen molar-refractivity contribution in [3.63, 3.8) is 0 Å². The minimum absolute atomic E-state index is 0.0458. The highest BCUT2D eigenvalue weighted by atomic mass is 16.5. The van der Waals surface area contributed by atoms with E-state index >= 15 is 0 Å². The normalized spacial score (nSPS) is 14.9. The van der Waals surface area contributed by atoms with Gasteiger partial charge in [0.15, 0.2) is 0 Å². The predicted octanol–water partition coefficient (Wildman–Crippen LogP) is 2.57. The van der Waals surface area contributed by atoms with E-state index in [1.165, 1.54) is 6.07 Å². The molecule has 0 amide bonds. The van der Waals surface area contributed by atoms with Crippen LogP contribution in [0, 0.1) is 6.92 Å². The summed E-state index contributed by atoms with van der Waals surface area (Å²) in [7, 11) is 0. The number of hydrogen-bond donors (Lipinski definition) is 2. The number of hydrogen-bond acceptors (Lipinski definition) is 6. The number of carbonyl (C=O) groups is 1. The molecule has 32 heavy (non-hydrogen) atoms. The van der Waals surface area contributed by atoms with Gasteiger partial charge in [0, 0.05) is 43.5 Å². The van der Waals surface area contributed by atoms with E-state index in [1.807, 2.05) is 12.1 Å². The van der Waals surface area contributed by atoms with Crippen LogP contribution in [0.1, 0.15) is 40.5 Å². The van der Waals surface area contributed by atoms with Crippen LogP contribution >= 0.6 is 0 Å². The average Bonchev–Trinajstić information content (AvgIpc) is 2.77. The van der Waals surface area contributed by atoms with Crippen LogP contribution in [0.4, 0.5) is 0 Å². The molecule has 0 bridgehead atoms. The molecule has 0 radical (unpaired) electrons. The molecule has 3 aromatic rings. The van der Waals surface area contributed by atoms with Crippen LogP contribution in [0.25, 0.3) is 0 Å². The minimum Gasteiger partial charge on any atom is -0.478 e. The summed E-state index contributed by atoms with van der Waals surface area (Å²) in [6.07, 6.45) is 3.21. The van der Waals surface area contributed by atoms with E-state index in [9.17, 15) is 19.5 Å². The number of aromatic carboxylic acids is 1. The molecule has 1 fully saturated rings. The van der Waals surface area contributed by atoms with Crippen LogP contribution in [-0.2, 0) is 6.54 Å². The maximum absolute atomic E-state index is 12.2. The van der Waals surface area contributed by atoms with E-state index in [0.717, 1.165) is 31.6 Å². The van der Waals surface area contributed by atoms with Gasteiger partial charge in [-0.3, -0.25) is 19.2 Å². The number of aromatic amines is 1. The highest BCUT2D eigenvalue weighted by Gasteiger charge is 2.22. The lowest BCUT2D eigenvalue weighted by molar-refractivity contribution is 0.0694. The molecule has 1 saturated heterocycles. The highest BCUT2D eigenvalue weighted by molar-refractivity contribution is 5.90. The Morgan fingerprint density at radius 2 is 1.91 bits per heavy atom. The Balaban J connectivity index is 1.40. The monoisotopic (exact) mass is 436 g/mol. The van der Waals surface area contributed by atoms with E-state index in [-0.39, 0.29) is 28.6 Å². The Morgan fingerprint density at radius 1 is 1.16 bits per heavy atom. The van der Waals surface area contributed by atoms with Crippen molar-refractivity contribution in [2.24, 2.45) is 0 Å². The third kappa shape index (κ3) is 4.78. The molecule has 0 atom stereocenters. The third-order valence-electron chi connectivity index (χ3n) is 5.60. The number of pyridine rings is 1. The van der Waals surface area contributed by atoms with Crippen molar-refractivity contribution in [1.82, 2.24) is 19.4 Å². The van der Waals surface area contributed by atoms with Gasteiger partial charge >= 0.3 is 11.7 Å². The number of likely N-dealkylation sites (tertiary alicyclic amines) is 1. The molecular weight excluding hydrogens is 412 g/mol. The quantitative estimate of drug-likeness (QED) is 0.610. The van der Waals surface area contributed by atoms with Crippen LogP contribution in [0.3, 0.4) is 0 Å². The van der Waals surface area contributed by atoms with Gasteiger partial charge in [-0.1, -0.05) is 18.2 Å². The summed E-state index contributed by atoms with van der Waals surface area (Å²) < 4.78 is 7.36. The van der Waals surface area contributed by atoms with Crippen molar-refractivity contribution in [1.29, 1.82) is 0 Å². The summed E-state index contributed by atoms with van der Waals surface area (Å²) in [4.78, 5) is 44.3. The van der Waals surface area contributed by atoms with Gasteiger partial charge in [0.1, 0.15) is 11.3 Å². The van der Waals surface area contributed by atoms with Crippen LogP contribution < -0.4 is 16.0 Å². The van der Waals surface area contributed by atoms with Crippen LogP contribution in [0.5, 0.6) is 11.6 Å². The lowest BCUT2D eigenvalue weighted by Gasteiger charge is -2.32. The summed E-state index contributed by atoms with van der Waals surface area (Å²) in [6.45, 7) is 3.87. The van der Waals surface area contributed by atoms with E-state index in [4.69, 9.17) is 4.74 Å². The number of benzene rings is 1. The fourth-order valence-corrected chi connectivity index (χ4v) is 3.89. The van der Waals surface area contributed by atoms with E-state index in [1.54, 1.807) is 42.0 Å². The Morgan fingerprint density at radius 3 is 2.66 bits per heavy atom. The maximum atomic E-state index is 12.2. The van der Waals surface area contributed by atoms with Gasteiger partial charge in [0.05, 0.1) is 5.69 Å². The molecule has 166 valence electrons. The van der Waals surface area contributed by atoms with Crippen LogP contribution in [0.15, 0.2) is 58.3 Å². The first-order valence-electron chi connectivity index (χ1n) is 10.4. The van der Waals surface area contributed by atoms with Crippen LogP contribution in [-0.4, -0.2) is 43.6 Å². The number of rotatable bonds is 6. The summed E-state index contributed by atoms with van der Waals surface area (Å²) in [5.74, 6) is -0.482. The number of carboxylic acids is 1. The number of para-hydroxylation sites is 1. The van der Waals surface area contributed by atoms with Crippen LogP contribution in [0.2, 0.25) is 0 Å². The molecule has 1 aromatic carbocycles. The SMILES string of the molecule is Cc1cn(C2CCN(Cc3cccc(Oc4ccccc4C(=O)O)n3)CC2)c(=O)[nH]c1=O. The van der Waals surface area contributed by atoms with Gasteiger partial charge in [0.25, 0.3) is 5.56 Å². The van der Waals surface area contributed by atoms with Gasteiger partial charge in [-0.25, -0.2) is 14.6 Å². The number of nitrogens with one attached hydrogen (secondary N) is 1. The first kappa shape index (κ1) is 21.5. The molecule has 0 saturated carbocycles. The van der Waals surface area contributed by atoms with Crippen molar-refractivity contribution in [3.8, 4) is 11.6 Å². The second-order valence-electron chi connectivity index (χ2n) is 7.86. The molecule has 2 N–H and O–H groups in total. The zero-order chi connectivity index (χ0) is 22.7. The number of aryl methyl sites for hydroxylation is 1. The Kier molecular flexibility index (Phi) is 6.18. The molecule has 0 unspecified atom stereocenters. The van der Waals surface area contributed by atoms with Crippen molar-refractivity contribution < 1.29 is 14.6 Å². The fraction of sp³-hybridized carbons (Fsp3) is 0.304. The Bertz CT molecular complexity index is 1240. The summed E-state index contributed by atoms with van der Waals surface area (Å²) in [6, 6.07) is 11.9. The first-order chi connectivity index (χ1) is 15.4. The summed E-state index contributed by atoms with van der Waals surface area (Å²) >= 11 is 0. The number of ether oxygens (including phenoxy) is 1. The predicted molar refractivity (Wildman–Crippen MR) is 117 cm³/mol. The van der Waals surface area contributed by atoms with Crippen molar-refractivity contribution in [2.75, 3.05) is 13.1 Å². The van der Waals surface area contributed by atoms with E-state index in [0.29, 0.717) is 18.0 Å². The number of piperidine rings is 1. The second kappa shape index (κ2) is 9.19. The fourth-order valence-electron chi connectivity index (χ4n) is 3.89. The molecular formula is C23H24N4O5. The van der Waals surface area contributed by atoms with E-state index in [2.05, 4.69) is 14.9 Å². The molecule has 4 rings (SSSR count). The molecule has 1 aliphatic rings. The van der Waals surface area contributed by atoms with Gasteiger partial charge in [-0.05, 0) is 38.0 Å². The Hall–Kier alpha value is -3.72. The molecule has 0 spiro atoms. The molecule has 1 aliphatic heterocycles. The van der Waals surface area contributed by atoms with Gasteiger partial charge < -0.3 is 9.84 Å². The molecule has 0 aliphatic carbocycles. The van der Waals surface area contributed by atoms with Gasteiger partial charge in [-0.15, -0.1) is 0 Å². The average molecular weight is 436 g/mol. The van der Waals surface area contributed by atoms with E-state index < -0.39 is 5.97 Å². The molecule has 9 nitrogen and oxygen atoms in total. The first-order valence-corrected chi connectivity index (χ1v) is 10.4. The van der Waals surface area contributed by atoms with Crippen molar-refractivity contribution in [2.45, 2.75) is 32.4 Å². The minimum atomic E-state index is -1.06. The summed E-state index contributed by atoms with van der Waals surface area (Å²) in [5, 5.41) is 9.32. The number of H-pyrrole nitrogens is 1. The highest BCUT2D eigenvalue weighted by Crippen LogP contribution is 2.25. The van der Waals surface area contributed by atoms with Gasteiger partial charge in [0.2, 0.25) is 5.88 Å². The standard InChI is InChI=1S/C23H24N4O5/c1-15-13-27(23(31)25-21(15)28)17-9-11-26(12-10-17)14-16-5-4-8-20(24-16)32-19-7-3-2-6-18(19)22(29)30/h2-8,13,17H,9-12,14H2,1H3,(H,29,30)(H,25,28,31). The number of aromatic nitrogens is 3. The Labute approximate surface area is 183 Å². The molecule has 2 aromatic heterocycles. The lowest BCUT2D eigenvalue weighted by atomic mass is 10.0. The smallest absolute Gasteiger partial charge is 0.339 e. The number of nitrogens with zero attached hydrogens (tertiary/aromatic N) is 3. The van der Waals surface area contributed by atoms with Crippen molar-refractivity contribution in [3.05, 3.63) is 86.3 Å². The largest absolute Gasteiger partial charge is 0.478 e. The third-order valence-corrected chi connectivity index (χ3v) is 5.60. The molecule has 9 heteroatoms. The zero-order valence-corrected chi connectivity index (χ0v) is 17.7. The number of carboxylic acid groups (broad SMARTS) is 1.